The summed E-state index contributed by atoms with van der Waals surface area (Å²) in [5, 5.41) is 8.21. The Morgan fingerprint density at radius 3 is 2.87 bits per heavy atom. The Balaban J connectivity index is 2.26. The van der Waals surface area contributed by atoms with Crippen LogP contribution in [0.5, 0.6) is 0 Å². The first-order valence-electron chi connectivity index (χ1n) is 7.55. The highest BCUT2D eigenvalue weighted by Crippen LogP contribution is 2.20. The quantitative estimate of drug-likeness (QED) is 0.657. The summed E-state index contributed by atoms with van der Waals surface area (Å²) in [5.41, 5.74) is 2.76. The van der Waals surface area contributed by atoms with Crippen LogP contribution < -0.4 is 5.32 Å². The summed E-state index contributed by atoms with van der Waals surface area (Å²) in [6.45, 7) is 5.89. The van der Waals surface area contributed by atoms with Crippen molar-refractivity contribution in [2.24, 2.45) is 5.92 Å². The molecule has 1 N–H and O–H groups in total. The van der Waals surface area contributed by atoms with E-state index >= 15 is 0 Å². The summed E-state index contributed by atoms with van der Waals surface area (Å²) in [5.74, 6) is -0.207. The lowest BCUT2D eigenvalue weighted by molar-refractivity contribution is -0.114. The van der Waals surface area contributed by atoms with Gasteiger partial charge in [-0.15, -0.1) is 0 Å². The van der Waals surface area contributed by atoms with E-state index in [4.69, 9.17) is 0 Å². The second-order valence-corrected chi connectivity index (χ2v) is 5.47. The Kier molecular flexibility index (Phi) is 5.46. The highest BCUT2D eigenvalue weighted by Gasteiger charge is 2.06. The first kappa shape index (κ1) is 16.7. The number of nitrogens with zero attached hydrogens (tertiary/aromatic N) is 2. The number of nitrogens with one attached hydrogen (secondary N) is 1. The third kappa shape index (κ3) is 4.39. The molecular formula is C18H21N3O2. The molecule has 0 bridgehead atoms. The fourth-order valence-electron chi connectivity index (χ4n) is 2.21. The van der Waals surface area contributed by atoms with Gasteiger partial charge >= 0.3 is 0 Å². The van der Waals surface area contributed by atoms with E-state index < -0.39 is 0 Å². The van der Waals surface area contributed by atoms with Crippen molar-refractivity contribution in [1.82, 2.24) is 9.78 Å². The molecule has 2 aromatic rings. The number of aldehydes is 1. The molecule has 1 atom stereocenters. The molecule has 23 heavy (non-hydrogen) atoms. The first-order valence-corrected chi connectivity index (χ1v) is 7.55. The molecule has 5 heteroatoms. The molecule has 0 fully saturated rings. The zero-order chi connectivity index (χ0) is 16.8. The minimum absolute atomic E-state index is 0.102. The number of allylic oxidation sites excluding steroid dienone is 4. The Morgan fingerprint density at radius 1 is 1.43 bits per heavy atom. The normalized spacial score (nSPS) is 13.4. The second-order valence-electron chi connectivity index (χ2n) is 5.47. The van der Waals surface area contributed by atoms with E-state index in [1.54, 1.807) is 6.20 Å². The molecule has 2 rings (SSSR count). The number of rotatable bonds is 6. The molecule has 1 heterocycles. The zero-order valence-corrected chi connectivity index (χ0v) is 13.6. The maximum Gasteiger partial charge on any atom is 0.221 e. The highest BCUT2D eigenvalue weighted by molar-refractivity contribution is 5.92. The van der Waals surface area contributed by atoms with Crippen LogP contribution in [0.3, 0.4) is 0 Å². The van der Waals surface area contributed by atoms with E-state index in [2.05, 4.69) is 10.4 Å². The fourth-order valence-corrected chi connectivity index (χ4v) is 2.21. The van der Waals surface area contributed by atoms with Crippen LogP contribution in [0.1, 0.15) is 20.8 Å². The number of amides is 1. The third-order valence-corrected chi connectivity index (χ3v) is 3.50. The van der Waals surface area contributed by atoms with Crippen LogP contribution in [0.25, 0.3) is 10.9 Å². The van der Waals surface area contributed by atoms with Gasteiger partial charge in [0.2, 0.25) is 5.91 Å². The average Bonchev–Trinajstić information content (AvgIpc) is 2.92. The molecule has 0 radical (unpaired) electrons. The van der Waals surface area contributed by atoms with Crippen LogP contribution in [0.15, 0.2) is 48.2 Å². The SMILES string of the molecule is C/C=C(\C=C/C(C)C=O)Cn1ncc2ccc(NC(C)=O)cc21. The number of hydrogen-bond acceptors (Lipinski definition) is 3. The summed E-state index contributed by atoms with van der Waals surface area (Å²) >= 11 is 0. The molecular weight excluding hydrogens is 290 g/mol. The van der Waals surface area contributed by atoms with E-state index in [0.29, 0.717) is 6.54 Å². The lowest BCUT2D eigenvalue weighted by atomic mass is 10.1. The monoisotopic (exact) mass is 311 g/mol. The van der Waals surface area contributed by atoms with Crippen molar-refractivity contribution in [1.29, 1.82) is 0 Å². The van der Waals surface area contributed by atoms with Gasteiger partial charge in [0, 0.05) is 23.9 Å². The van der Waals surface area contributed by atoms with Gasteiger partial charge in [0.1, 0.15) is 6.29 Å². The van der Waals surface area contributed by atoms with Gasteiger partial charge in [0.05, 0.1) is 18.3 Å². The van der Waals surface area contributed by atoms with Crippen molar-refractivity contribution >= 4 is 28.8 Å². The van der Waals surface area contributed by atoms with Crippen LogP contribution in [0, 0.1) is 5.92 Å². The van der Waals surface area contributed by atoms with Crippen molar-refractivity contribution in [3.63, 3.8) is 0 Å². The second kappa shape index (κ2) is 7.54. The average molecular weight is 311 g/mol. The van der Waals surface area contributed by atoms with E-state index in [1.165, 1.54) is 6.92 Å². The summed E-state index contributed by atoms with van der Waals surface area (Å²) < 4.78 is 1.88. The minimum Gasteiger partial charge on any atom is -0.326 e. The lowest BCUT2D eigenvalue weighted by Crippen LogP contribution is -2.06. The first-order chi connectivity index (χ1) is 11.0. The predicted molar refractivity (Wildman–Crippen MR) is 92.2 cm³/mol. The van der Waals surface area contributed by atoms with Gasteiger partial charge in [-0.3, -0.25) is 9.48 Å². The maximum atomic E-state index is 11.2. The number of benzene rings is 1. The van der Waals surface area contributed by atoms with Crippen molar-refractivity contribution in [3.8, 4) is 0 Å². The Morgan fingerprint density at radius 2 is 2.22 bits per heavy atom. The largest absolute Gasteiger partial charge is 0.326 e. The van der Waals surface area contributed by atoms with Crippen molar-refractivity contribution in [2.75, 3.05) is 5.32 Å². The Labute approximate surface area is 135 Å². The molecule has 0 spiro atoms. The molecule has 1 amide bonds. The van der Waals surface area contributed by atoms with Gasteiger partial charge in [-0.2, -0.15) is 5.10 Å². The summed E-state index contributed by atoms with van der Waals surface area (Å²) in [4.78, 5) is 21.9. The topological polar surface area (TPSA) is 64.0 Å². The van der Waals surface area contributed by atoms with Gasteiger partial charge in [0.15, 0.2) is 0 Å². The molecule has 0 aliphatic heterocycles. The molecule has 1 unspecified atom stereocenters. The number of hydrogen-bond donors (Lipinski definition) is 1. The van der Waals surface area contributed by atoms with Gasteiger partial charge in [-0.1, -0.05) is 25.2 Å². The molecule has 0 aliphatic carbocycles. The summed E-state index contributed by atoms with van der Waals surface area (Å²) in [6, 6.07) is 5.70. The Bertz CT molecular complexity index is 772. The van der Waals surface area contributed by atoms with Gasteiger partial charge < -0.3 is 10.1 Å². The zero-order valence-electron chi connectivity index (χ0n) is 13.6. The van der Waals surface area contributed by atoms with Crippen molar-refractivity contribution in [3.05, 3.63) is 48.2 Å². The smallest absolute Gasteiger partial charge is 0.221 e. The van der Waals surface area contributed by atoms with Crippen molar-refractivity contribution < 1.29 is 9.59 Å². The number of aromatic nitrogens is 2. The van der Waals surface area contributed by atoms with Gasteiger partial charge in [-0.05, 0) is 30.7 Å². The van der Waals surface area contributed by atoms with E-state index in [-0.39, 0.29) is 11.8 Å². The molecule has 0 aliphatic rings. The predicted octanol–water partition coefficient (Wildman–Crippen LogP) is 3.33. The van der Waals surface area contributed by atoms with Crippen LogP contribution >= 0.6 is 0 Å². The summed E-state index contributed by atoms with van der Waals surface area (Å²) in [6.07, 6.45) is 8.53. The number of anilines is 1. The van der Waals surface area contributed by atoms with Crippen LogP contribution in [0.4, 0.5) is 5.69 Å². The van der Waals surface area contributed by atoms with Gasteiger partial charge in [0.25, 0.3) is 0 Å². The van der Waals surface area contributed by atoms with Crippen molar-refractivity contribution in [2.45, 2.75) is 27.3 Å². The number of carbonyl (C=O) groups is 2. The van der Waals surface area contributed by atoms with E-state index in [1.807, 2.05) is 55.0 Å². The molecule has 120 valence electrons. The Hall–Kier alpha value is -2.69. The molecule has 5 nitrogen and oxygen atoms in total. The summed E-state index contributed by atoms with van der Waals surface area (Å²) in [7, 11) is 0. The standard InChI is InChI=1S/C18H21N3O2/c1-4-15(6-5-13(2)12-22)11-21-18-9-17(20-14(3)23)8-7-16(18)10-19-21/h4-10,12-13H,11H2,1-3H3,(H,20,23)/b6-5-,15-4+. The maximum absolute atomic E-state index is 11.2. The lowest BCUT2D eigenvalue weighted by Gasteiger charge is -2.07. The fraction of sp³-hybridized carbons (Fsp3) is 0.278. The minimum atomic E-state index is -0.106. The van der Waals surface area contributed by atoms with E-state index in [0.717, 1.165) is 28.4 Å². The molecule has 0 saturated heterocycles. The third-order valence-electron chi connectivity index (χ3n) is 3.50. The molecule has 1 aromatic carbocycles. The van der Waals surface area contributed by atoms with Crippen LogP contribution in [-0.2, 0) is 16.1 Å². The van der Waals surface area contributed by atoms with Gasteiger partial charge in [-0.25, -0.2) is 0 Å². The van der Waals surface area contributed by atoms with E-state index in [9.17, 15) is 9.59 Å². The molecule has 1 aromatic heterocycles. The van der Waals surface area contributed by atoms with Crippen LogP contribution in [0.2, 0.25) is 0 Å². The number of fused-ring (bicyclic) bond motifs is 1. The van der Waals surface area contributed by atoms with Crippen LogP contribution in [-0.4, -0.2) is 22.0 Å². The number of carbonyl (C=O) groups excluding carboxylic acids is 2. The molecule has 0 saturated carbocycles. The highest BCUT2D eigenvalue weighted by atomic mass is 16.1.